The van der Waals surface area contributed by atoms with Crippen LogP contribution in [0.3, 0.4) is 0 Å². The predicted molar refractivity (Wildman–Crippen MR) is 76.9 cm³/mol. The Balaban J connectivity index is 2.02. The van der Waals surface area contributed by atoms with Crippen molar-refractivity contribution in [2.45, 2.75) is 30.2 Å². The van der Waals surface area contributed by atoms with Crippen LogP contribution in [0, 0.1) is 5.92 Å². The van der Waals surface area contributed by atoms with E-state index in [9.17, 15) is 8.42 Å². The maximum Gasteiger partial charge on any atom is 0.244 e. The largest absolute Gasteiger partial charge is 0.244 e. The third-order valence-electron chi connectivity index (χ3n) is 3.84. The standard InChI is InChI=1S/C12H13Br2NO2S/c13-9-2-4-11(14)12(6-9)18(16,17)15-7-8-1-3-10(15)5-8/h2,4,6,8,10H,1,3,5,7H2. The fraction of sp³-hybridized carbons (Fsp3) is 0.500. The average molecular weight is 395 g/mol. The maximum absolute atomic E-state index is 12.7. The van der Waals surface area contributed by atoms with E-state index in [-0.39, 0.29) is 6.04 Å². The highest BCUT2D eigenvalue weighted by Crippen LogP contribution is 2.41. The minimum Gasteiger partial charge on any atom is -0.207 e. The van der Waals surface area contributed by atoms with Crippen LogP contribution >= 0.6 is 31.9 Å². The minimum absolute atomic E-state index is 0.214. The van der Waals surface area contributed by atoms with Crippen molar-refractivity contribution in [2.24, 2.45) is 5.92 Å². The summed E-state index contributed by atoms with van der Waals surface area (Å²) in [4.78, 5) is 0.365. The zero-order chi connectivity index (χ0) is 12.9. The fourth-order valence-electron chi connectivity index (χ4n) is 2.98. The number of nitrogens with zero attached hydrogens (tertiary/aromatic N) is 1. The molecule has 1 aliphatic heterocycles. The molecule has 0 aromatic heterocycles. The van der Waals surface area contributed by atoms with Gasteiger partial charge in [-0.2, -0.15) is 4.31 Å². The molecule has 18 heavy (non-hydrogen) atoms. The lowest BCUT2D eigenvalue weighted by Gasteiger charge is -2.26. The van der Waals surface area contributed by atoms with Gasteiger partial charge in [-0.3, -0.25) is 0 Å². The van der Waals surface area contributed by atoms with Crippen molar-refractivity contribution in [1.29, 1.82) is 0 Å². The van der Waals surface area contributed by atoms with Gasteiger partial charge in [0.05, 0.1) is 4.90 Å². The first kappa shape index (κ1) is 13.1. The van der Waals surface area contributed by atoms with Crippen LogP contribution in [-0.4, -0.2) is 25.3 Å². The summed E-state index contributed by atoms with van der Waals surface area (Å²) >= 11 is 6.67. The first-order valence-corrected chi connectivity index (χ1v) is 8.98. The van der Waals surface area contributed by atoms with Crippen LogP contribution in [0.15, 0.2) is 32.0 Å². The molecular weight excluding hydrogens is 382 g/mol. The Morgan fingerprint density at radius 3 is 2.61 bits per heavy atom. The molecule has 2 aliphatic rings. The van der Waals surface area contributed by atoms with Crippen molar-refractivity contribution < 1.29 is 8.42 Å². The van der Waals surface area contributed by atoms with Crippen molar-refractivity contribution in [3.05, 3.63) is 27.1 Å². The lowest BCUT2D eigenvalue weighted by molar-refractivity contribution is 0.333. The van der Waals surface area contributed by atoms with Crippen molar-refractivity contribution >= 4 is 41.9 Å². The zero-order valence-corrected chi connectivity index (χ0v) is 13.6. The first-order valence-electron chi connectivity index (χ1n) is 5.95. The molecule has 3 rings (SSSR count). The highest BCUT2D eigenvalue weighted by molar-refractivity contribution is 9.11. The quantitative estimate of drug-likeness (QED) is 0.770. The fourth-order valence-corrected chi connectivity index (χ4v) is 6.18. The molecule has 0 N–H and O–H groups in total. The Hall–Kier alpha value is 0.0900. The van der Waals surface area contributed by atoms with E-state index in [2.05, 4.69) is 31.9 Å². The number of rotatable bonds is 2. The number of benzene rings is 1. The first-order chi connectivity index (χ1) is 8.48. The van der Waals surface area contributed by atoms with Crippen molar-refractivity contribution in [2.75, 3.05) is 6.54 Å². The van der Waals surface area contributed by atoms with Crippen molar-refractivity contribution in [1.82, 2.24) is 4.31 Å². The lowest BCUT2D eigenvalue weighted by atomic mass is 10.1. The predicted octanol–water partition coefficient (Wildman–Crippen LogP) is 3.38. The third-order valence-corrected chi connectivity index (χ3v) is 7.24. The van der Waals surface area contributed by atoms with Crippen LogP contribution in [0.5, 0.6) is 0 Å². The molecule has 1 saturated carbocycles. The molecule has 2 unspecified atom stereocenters. The summed E-state index contributed by atoms with van der Waals surface area (Å²) < 4.78 is 28.5. The molecule has 2 bridgehead atoms. The Labute approximate surface area is 124 Å². The molecule has 1 aromatic carbocycles. The Morgan fingerprint density at radius 1 is 1.22 bits per heavy atom. The summed E-state index contributed by atoms with van der Waals surface area (Å²) in [7, 11) is -3.37. The summed E-state index contributed by atoms with van der Waals surface area (Å²) in [6.45, 7) is 0.686. The van der Waals surface area contributed by atoms with Gasteiger partial charge in [0.25, 0.3) is 0 Å². The van der Waals surface area contributed by atoms with Gasteiger partial charge in [-0.1, -0.05) is 15.9 Å². The molecule has 98 valence electrons. The van der Waals surface area contributed by atoms with E-state index in [1.165, 1.54) is 6.42 Å². The van der Waals surface area contributed by atoms with E-state index >= 15 is 0 Å². The smallest absolute Gasteiger partial charge is 0.207 e. The summed E-state index contributed by atoms with van der Waals surface area (Å²) in [5.41, 5.74) is 0. The van der Waals surface area contributed by atoms with Crippen LogP contribution in [0.1, 0.15) is 19.3 Å². The molecule has 3 nitrogen and oxygen atoms in total. The Morgan fingerprint density at radius 2 is 2.00 bits per heavy atom. The maximum atomic E-state index is 12.7. The number of hydrogen-bond donors (Lipinski definition) is 0. The third kappa shape index (κ3) is 2.07. The monoisotopic (exact) mass is 393 g/mol. The number of hydrogen-bond acceptors (Lipinski definition) is 2. The van der Waals surface area contributed by atoms with Gasteiger partial charge in [-0.25, -0.2) is 8.42 Å². The second-order valence-electron chi connectivity index (χ2n) is 4.98. The van der Waals surface area contributed by atoms with E-state index in [1.54, 1.807) is 16.4 Å². The lowest BCUT2D eigenvalue weighted by Crippen LogP contribution is -2.37. The molecule has 6 heteroatoms. The van der Waals surface area contributed by atoms with Gasteiger partial charge < -0.3 is 0 Å². The molecule has 0 amide bonds. The SMILES string of the molecule is O=S(=O)(c1cc(Br)ccc1Br)N1CC2CCC1C2. The Bertz CT molecular complexity index is 588. The summed E-state index contributed by atoms with van der Waals surface area (Å²) in [5.74, 6) is 0.565. The number of fused-ring (bicyclic) bond motifs is 2. The summed E-state index contributed by atoms with van der Waals surface area (Å²) in [6, 6.07) is 5.49. The highest BCUT2D eigenvalue weighted by Gasteiger charge is 2.44. The van der Waals surface area contributed by atoms with E-state index in [0.717, 1.165) is 17.3 Å². The molecule has 2 atom stereocenters. The van der Waals surface area contributed by atoms with Crippen LogP contribution < -0.4 is 0 Å². The van der Waals surface area contributed by atoms with E-state index in [4.69, 9.17) is 0 Å². The number of halogens is 2. The van der Waals surface area contributed by atoms with Gasteiger partial charge in [-0.15, -0.1) is 0 Å². The number of piperidine rings is 1. The highest BCUT2D eigenvalue weighted by atomic mass is 79.9. The molecule has 1 saturated heterocycles. The van der Waals surface area contributed by atoms with E-state index in [0.29, 0.717) is 21.8 Å². The minimum atomic E-state index is -3.37. The number of sulfonamides is 1. The summed E-state index contributed by atoms with van der Waals surface area (Å²) in [5, 5.41) is 0. The van der Waals surface area contributed by atoms with Crippen LogP contribution in [0.4, 0.5) is 0 Å². The van der Waals surface area contributed by atoms with Crippen LogP contribution in [0.2, 0.25) is 0 Å². The van der Waals surface area contributed by atoms with Gasteiger partial charge in [-0.05, 0) is 59.3 Å². The topological polar surface area (TPSA) is 37.4 Å². The molecular formula is C12H13Br2NO2S. The van der Waals surface area contributed by atoms with Gasteiger partial charge in [0.1, 0.15) is 0 Å². The molecule has 2 fully saturated rings. The second kappa shape index (κ2) is 4.58. The molecule has 0 radical (unpaired) electrons. The van der Waals surface area contributed by atoms with Gasteiger partial charge in [0, 0.05) is 21.5 Å². The second-order valence-corrected chi connectivity index (χ2v) is 8.61. The van der Waals surface area contributed by atoms with Crippen LogP contribution in [-0.2, 0) is 10.0 Å². The molecule has 1 aromatic rings. The molecule has 1 heterocycles. The Kier molecular flexibility index (Phi) is 3.33. The molecule has 1 aliphatic carbocycles. The van der Waals surface area contributed by atoms with E-state index < -0.39 is 10.0 Å². The average Bonchev–Trinajstić information content (AvgIpc) is 2.94. The van der Waals surface area contributed by atoms with Gasteiger partial charge in [0.15, 0.2) is 0 Å². The van der Waals surface area contributed by atoms with Crippen molar-refractivity contribution in [3.63, 3.8) is 0 Å². The zero-order valence-electron chi connectivity index (χ0n) is 9.64. The van der Waals surface area contributed by atoms with Gasteiger partial charge in [0.2, 0.25) is 10.0 Å². The van der Waals surface area contributed by atoms with Gasteiger partial charge >= 0.3 is 0 Å². The normalized spacial score (nSPS) is 27.9. The summed E-state index contributed by atoms with van der Waals surface area (Å²) in [6.07, 6.45) is 3.22. The van der Waals surface area contributed by atoms with Crippen LogP contribution in [0.25, 0.3) is 0 Å². The van der Waals surface area contributed by atoms with E-state index in [1.807, 2.05) is 6.07 Å². The van der Waals surface area contributed by atoms with Crippen molar-refractivity contribution in [3.8, 4) is 0 Å². The molecule has 0 spiro atoms.